The van der Waals surface area contributed by atoms with Crippen LogP contribution in [0, 0.1) is 29.1 Å². The van der Waals surface area contributed by atoms with Gasteiger partial charge in [0, 0.05) is 16.7 Å². The molecule has 4 nitrogen and oxygen atoms in total. The Labute approximate surface area is 293 Å². The average molecular weight is 649 g/mol. The topological polar surface area (TPSA) is 62.5 Å². The number of hydrogen-bond donors (Lipinski definition) is 0. The van der Waals surface area contributed by atoms with Crippen LogP contribution < -0.4 is 0 Å². The van der Waals surface area contributed by atoms with E-state index in [0.717, 1.165) is 50.6 Å². The molecule has 0 N–H and O–H groups in total. The first-order chi connectivity index (χ1) is 24.5. The van der Waals surface area contributed by atoms with Gasteiger partial charge in [-0.3, -0.25) is 0 Å². The smallest absolute Gasteiger partial charge is 0.164 e. The van der Waals surface area contributed by atoms with Crippen LogP contribution in [0.15, 0.2) is 115 Å². The molecule has 2 aliphatic carbocycles. The number of nitrogens with zero attached hydrogens (tertiary/aromatic N) is 4. The van der Waals surface area contributed by atoms with Crippen molar-refractivity contribution in [2.45, 2.75) is 57.8 Å². The van der Waals surface area contributed by atoms with Gasteiger partial charge in [0.15, 0.2) is 17.5 Å². The first-order valence-electron chi connectivity index (χ1n) is 18.2. The highest BCUT2D eigenvalue weighted by Gasteiger charge is 2.46. The Balaban J connectivity index is 1.24. The molecule has 2 aliphatic rings. The lowest BCUT2D eigenvalue weighted by atomic mass is 9.53. The second-order valence-electron chi connectivity index (χ2n) is 15.1. The predicted octanol–water partition coefficient (Wildman–Crippen LogP) is 11.7. The van der Waals surface area contributed by atoms with Crippen molar-refractivity contribution in [1.29, 1.82) is 5.26 Å². The molecular formula is C46H40N4. The van der Waals surface area contributed by atoms with Gasteiger partial charge in [0.2, 0.25) is 0 Å². The molecule has 0 aliphatic heterocycles. The number of aromatic nitrogens is 3. The zero-order valence-corrected chi connectivity index (χ0v) is 28.7. The zero-order valence-electron chi connectivity index (χ0n) is 28.7. The predicted molar refractivity (Wildman–Crippen MR) is 205 cm³/mol. The van der Waals surface area contributed by atoms with Gasteiger partial charge >= 0.3 is 0 Å². The van der Waals surface area contributed by atoms with Crippen LogP contribution in [0.25, 0.3) is 66.5 Å². The highest BCUT2D eigenvalue weighted by atomic mass is 15.0. The van der Waals surface area contributed by atoms with Crippen LogP contribution >= 0.6 is 0 Å². The molecule has 50 heavy (non-hydrogen) atoms. The molecule has 1 aromatic heterocycles. The average Bonchev–Trinajstić information content (AvgIpc) is 3.16. The second-order valence-corrected chi connectivity index (χ2v) is 15.1. The summed E-state index contributed by atoms with van der Waals surface area (Å²) < 4.78 is 0. The van der Waals surface area contributed by atoms with Crippen LogP contribution in [0.2, 0.25) is 0 Å². The molecule has 2 fully saturated rings. The molecule has 7 aromatic rings. The maximum absolute atomic E-state index is 9.58. The van der Waals surface area contributed by atoms with Crippen molar-refractivity contribution in [2.24, 2.45) is 17.8 Å². The SMILES string of the molecule is CC[C@H]1C[C@H]2C[C@@H](C)CC(c3ccc(-c4nc(-c5ccc6ccccc6c5)nc(-c5ccc6ccc(C#N)cc6c5)n4)c4ccccc34)(C2)C1. The third kappa shape index (κ3) is 5.33. The molecule has 0 amide bonds. The van der Waals surface area contributed by atoms with E-state index in [2.05, 4.69) is 117 Å². The van der Waals surface area contributed by atoms with Crippen LogP contribution in [0.5, 0.6) is 0 Å². The molecule has 0 spiro atoms. The highest BCUT2D eigenvalue weighted by Crippen LogP contribution is 2.56. The standard InChI is InChI=1S/C46H40N4/c1-3-30-21-32-20-29(2)25-46(26-30,27-32)42-19-18-41(39-10-6-7-11-40(39)42)45-49-43(36-16-14-33-8-4-5-9-35(33)23-36)48-44(50-45)37-17-15-34-13-12-31(28-47)22-38(34)24-37/h4-19,22-24,29-30,32H,3,20-21,25-27H2,1-2H3/t29-,30+,32-,46?/m1/s1. The molecule has 1 heterocycles. The minimum atomic E-state index is 0.216. The maximum Gasteiger partial charge on any atom is 0.164 e. The second kappa shape index (κ2) is 12.2. The van der Waals surface area contributed by atoms with E-state index in [1.807, 2.05) is 18.2 Å². The number of benzene rings is 6. The van der Waals surface area contributed by atoms with E-state index in [-0.39, 0.29) is 5.41 Å². The van der Waals surface area contributed by atoms with Crippen molar-refractivity contribution in [3.05, 3.63) is 126 Å². The summed E-state index contributed by atoms with van der Waals surface area (Å²) >= 11 is 0. The van der Waals surface area contributed by atoms with Gasteiger partial charge in [-0.2, -0.15) is 5.26 Å². The Kier molecular flexibility index (Phi) is 7.46. The number of hydrogen-bond acceptors (Lipinski definition) is 4. The van der Waals surface area contributed by atoms with E-state index in [0.29, 0.717) is 23.0 Å². The lowest BCUT2D eigenvalue weighted by Crippen LogP contribution is -2.42. The number of rotatable bonds is 5. The first-order valence-corrected chi connectivity index (χ1v) is 18.2. The van der Waals surface area contributed by atoms with Crippen LogP contribution in [0.1, 0.15) is 63.5 Å². The molecule has 244 valence electrons. The van der Waals surface area contributed by atoms with Gasteiger partial charge in [-0.05, 0) is 117 Å². The highest BCUT2D eigenvalue weighted by molar-refractivity contribution is 5.98. The Hall–Kier alpha value is -5.40. The van der Waals surface area contributed by atoms with Gasteiger partial charge in [0.25, 0.3) is 0 Å². The Bertz CT molecular complexity index is 2470. The van der Waals surface area contributed by atoms with Crippen LogP contribution in [-0.4, -0.2) is 15.0 Å². The van der Waals surface area contributed by atoms with Gasteiger partial charge in [0.05, 0.1) is 11.6 Å². The van der Waals surface area contributed by atoms with Gasteiger partial charge in [-0.1, -0.05) is 111 Å². The number of nitriles is 1. The van der Waals surface area contributed by atoms with E-state index in [9.17, 15) is 5.26 Å². The van der Waals surface area contributed by atoms with Crippen molar-refractivity contribution in [2.75, 3.05) is 0 Å². The third-order valence-electron chi connectivity index (χ3n) is 11.7. The Morgan fingerprint density at radius 3 is 2.06 bits per heavy atom. The summed E-state index contributed by atoms with van der Waals surface area (Å²) in [5, 5.41) is 16.5. The summed E-state index contributed by atoms with van der Waals surface area (Å²) in [5.41, 5.74) is 5.24. The van der Waals surface area contributed by atoms with Crippen molar-refractivity contribution >= 4 is 32.3 Å². The van der Waals surface area contributed by atoms with Crippen molar-refractivity contribution < 1.29 is 0 Å². The summed E-state index contributed by atoms with van der Waals surface area (Å²) in [6.07, 6.45) is 7.86. The minimum absolute atomic E-state index is 0.216. The lowest BCUT2D eigenvalue weighted by molar-refractivity contribution is 0.0712. The molecule has 4 heteroatoms. The zero-order chi connectivity index (χ0) is 33.8. The van der Waals surface area contributed by atoms with Crippen molar-refractivity contribution in [1.82, 2.24) is 15.0 Å². The van der Waals surface area contributed by atoms with Crippen LogP contribution in [-0.2, 0) is 5.41 Å². The maximum atomic E-state index is 9.58. The van der Waals surface area contributed by atoms with Crippen LogP contribution in [0.3, 0.4) is 0 Å². The molecule has 2 saturated carbocycles. The van der Waals surface area contributed by atoms with E-state index in [4.69, 9.17) is 15.0 Å². The monoisotopic (exact) mass is 648 g/mol. The third-order valence-corrected chi connectivity index (χ3v) is 11.7. The molecule has 6 aromatic carbocycles. The largest absolute Gasteiger partial charge is 0.208 e. The van der Waals surface area contributed by atoms with E-state index in [1.54, 1.807) is 0 Å². The summed E-state index contributed by atoms with van der Waals surface area (Å²) in [6, 6.07) is 42.8. The quantitative estimate of drug-likeness (QED) is 0.186. The fourth-order valence-corrected chi connectivity index (χ4v) is 9.63. The van der Waals surface area contributed by atoms with Crippen molar-refractivity contribution in [3.63, 3.8) is 0 Å². The van der Waals surface area contributed by atoms with Gasteiger partial charge in [0.1, 0.15) is 0 Å². The van der Waals surface area contributed by atoms with Crippen LogP contribution in [0.4, 0.5) is 0 Å². The summed E-state index contributed by atoms with van der Waals surface area (Å²) in [5.74, 6) is 4.30. The fraction of sp³-hybridized carbons (Fsp3) is 0.261. The summed E-state index contributed by atoms with van der Waals surface area (Å²) in [4.78, 5) is 15.5. The molecule has 9 rings (SSSR count). The van der Waals surface area contributed by atoms with Gasteiger partial charge < -0.3 is 0 Å². The Morgan fingerprint density at radius 2 is 1.30 bits per heavy atom. The molecule has 0 saturated heterocycles. The van der Waals surface area contributed by atoms with E-state index < -0.39 is 0 Å². The summed E-state index contributed by atoms with van der Waals surface area (Å²) in [6.45, 7) is 4.85. The summed E-state index contributed by atoms with van der Waals surface area (Å²) in [7, 11) is 0. The molecule has 4 atom stereocenters. The normalized spacial score (nSPS) is 21.7. The number of fused-ring (bicyclic) bond motifs is 5. The van der Waals surface area contributed by atoms with Gasteiger partial charge in [-0.25, -0.2) is 15.0 Å². The lowest BCUT2D eigenvalue weighted by Gasteiger charge is -2.51. The van der Waals surface area contributed by atoms with E-state index in [1.165, 1.54) is 60.2 Å². The van der Waals surface area contributed by atoms with Gasteiger partial charge in [-0.15, -0.1) is 0 Å². The van der Waals surface area contributed by atoms with Crippen molar-refractivity contribution in [3.8, 4) is 40.2 Å². The minimum Gasteiger partial charge on any atom is -0.208 e. The first kappa shape index (κ1) is 30.6. The molecular weight excluding hydrogens is 609 g/mol. The molecule has 0 radical (unpaired) electrons. The Morgan fingerprint density at radius 1 is 0.640 bits per heavy atom. The molecule has 1 unspecified atom stereocenters. The fourth-order valence-electron chi connectivity index (χ4n) is 9.63. The molecule has 2 bridgehead atoms. The van der Waals surface area contributed by atoms with E-state index >= 15 is 0 Å².